The summed E-state index contributed by atoms with van der Waals surface area (Å²) < 4.78 is 44.7. The minimum Gasteiger partial charge on any atom is -0.443 e. The van der Waals surface area contributed by atoms with Crippen LogP contribution in [0.4, 0.5) is 22.8 Å². The summed E-state index contributed by atoms with van der Waals surface area (Å²) >= 11 is 0. The number of rotatable bonds is 7. The van der Waals surface area contributed by atoms with E-state index in [2.05, 4.69) is 10.6 Å². The van der Waals surface area contributed by atoms with E-state index in [9.17, 15) is 27.6 Å². The first-order valence-corrected chi connectivity index (χ1v) is 10.4. The quantitative estimate of drug-likeness (QED) is 0.588. The number of alkyl halides is 3. The molecule has 0 spiro atoms. The summed E-state index contributed by atoms with van der Waals surface area (Å²) in [5.74, 6) is -0.456. The number of carbonyl (C=O) groups excluding carboxylic acids is 3. The van der Waals surface area contributed by atoms with Gasteiger partial charge in [-0.15, -0.1) is 0 Å². The van der Waals surface area contributed by atoms with Crippen molar-refractivity contribution in [1.82, 2.24) is 15.5 Å². The zero-order valence-corrected chi connectivity index (χ0v) is 17.6. The molecule has 174 valence electrons. The number of alkyl carbamates (subject to hydrolysis) is 1. The van der Waals surface area contributed by atoms with Crippen LogP contribution in [0.15, 0.2) is 24.3 Å². The van der Waals surface area contributed by atoms with Gasteiger partial charge in [-0.05, 0) is 56.7 Å². The van der Waals surface area contributed by atoms with Crippen molar-refractivity contribution in [3.8, 4) is 0 Å². The topological polar surface area (TPSA) is 114 Å². The Labute approximate surface area is 182 Å². The zero-order chi connectivity index (χ0) is 23.4. The van der Waals surface area contributed by atoms with Crippen LogP contribution < -0.4 is 16.4 Å². The van der Waals surface area contributed by atoms with E-state index >= 15 is 0 Å². The SMILES string of the molecule is CC1(OC(=O)NC23CC(N(Cc4cccc(C(F)(F)F)c4)C(=O)CNC(N)=O)(C2)C3)CC1. The average molecular weight is 454 g/mol. The van der Waals surface area contributed by atoms with Crippen LogP contribution in [-0.4, -0.2) is 46.2 Å². The van der Waals surface area contributed by atoms with Crippen molar-refractivity contribution < 1.29 is 32.3 Å². The second-order valence-corrected chi connectivity index (χ2v) is 9.40. The van der Waals surface area contributed by atoms with Gasteiger partial charge in [0.1, 0.15) is 5.60 Å². The summed E-state index contributed by atoms with van der Waals surface area (Å²) in [5.41, 5.74) is 3.09. The standard InChI is InChI=1S/C21H25F3N4O4/c1-18(5-6-18)32-17(31)27-19-10-20(11-19,12-19)28(15(29)8-26-16(25)30)9-13-3-2-4-14(7-13)21(22,23)24/h2-4,7H,5-6,8-12H2,1H3,(H,27,31)(H3,25,26,30). The van der Waals surface area contributed by atoms with E-state index in [0.29, 0.717) is 24.8 Å². The van der Waals surface area contributed by atoms with Gasteiger partial charge < -0.3 is 26.0 Å². The molecule has 4 fully saturated rings. The summed E-state index contributed by atoms with van der Waals surface area (Å²) in [5, 5.41) is 5.12. The number of nitrogens with two attached hydrogens (primary N) is 1. The highest BCUT2D eigenvalue weighted by molar-refractivity contribution is 5.84. The smallest absolute Gasteiger partial charge is 0.416 e. The molecule has 0 saturated heterocycles. The molecule has 5 rings (SSSR count). The number of hydrogen-bond donors (Lipinski definition) is 3. The Kier molecular flexibility index (Phi) is 5.05. The van der Waals surface area contributed by atoms with Crippen molar-refractivity contribution >= 4 is 18.0 Å². The van der Waals surface area contributed by atoms with Crippen molar-refractivity contribution in [3.05, 3.63) is 35.4 Å². The first-order valence-electron chi connectivity index (χ1n) is 10.4. The van der Waals surface area contributed by atoms with E-state index < -0.39 is 46.5 Å². The molecule has 8 nitrogen and oxygen atoms in total. The number of ether oxygens (including phenoxy) is 1. The Morgan fingerprint density at radius 3 is 2.41 bits per heavy atom. The lowest BCUT2D eigenvalue weighted by Crippen LogP contribution is -2.84. The third kappa shape index (κ3) is 4.33. The van der Waals surface area contributed by atoms with Crippen molar-refractivity contribution in [1.29, 1.82) is 0 Å². The molecule has 4 saturated carbocycles. The molecule has 32 heavy (non-hydrogen) atoms. The van der Waals surface area contributed by atoms with E-state index in [1.165, 1.54) is 17.0 Å². The van der Waals surface area contributed by atoms with Gasteiger partial charge in [0.2, 0.25) is 5.91 Å². The van der Waals surface area contributed by atoms with Crippen LogP contribution in [0.3, 0.4) is 0 Å². The highest BCUT2D eigenvalue weighted by Crippen LogP contribution is 2.64. The minimum absolute atomic E-state index is 0.0538. The monoisotopic (exact) mass is 454 g/mol. The molecule has 11 heteroatoms. The molecule has 0 unspecified atom stereocenters. The second-order valence-electron chi connectivity index (χ2n) is 9.40. The van der Waals surface area contributed by atoms with Gasteiger partial charge >= 0.3 is 18.3 Å². The molecule has 0 aromatic heterocycles. The molecule has 0 heterocycles. The number of halogens is 3. The van der Waals surface area contributed by atoms with Gasteiger partial charge in [-0.3, -0.25) is 4.79 Å². The van der Waals surface area contributed by atoms with Gasteiger partial charge in [-0.25, -0.2) is 9.59 Å². The molecule has 2 bridgehead atoms. The predicted octanol–water partition coefficient (Wildman–Crippen LogP) is 2.66. The maximum Gasteiger partial charge on any atom is 0.416 e. The van der Waals surface area contributed by atoms with Gasteiger partial charge in [-0.1, -0.05) is 12.1 Å². The zero-order valence-electron chi connectivity index (χ0n) is 17.6. The van der Waals surface area contributed by atoms with Crippen LogP contribution in [0.25, 0.3) is 0 Å². The number of primary amides is 1. The summed E-state index contributed by atoms with van der Waals surface area (Å²) in [7, 11) is 0. The number of amides is 4. The van der Waals surface area contributed by atoms with Gasteiger partial charge in [0.25, 0.3) is 0 Å². The maximum absolute atomic E-state index is 13.1. The van der Waals surface area contributed by atoms with E-state index in [0.717, 1.165) is 25.0 Å². The maximum atomic E-state index is 13.1. The van der Waals surface area contributed by atoms with E-state index in [1.807, 2.05) is 6.92 Å². The molecule has 4 N–H and O–H groups in total. The first kappa shape index (κ1) is 22.2. The van der Waals surface area contributed by atoms with E-state index in [4.69, 9.17) is 10.5 Å². The van der Waals surface area contributed by atoms with Crippen molar-refractivity contribution in [2.24, 2.45) is 5.73 Å². The van der Waals surface area contributed by atoms with Crippen LogP contribution in [0.5, 0.6) is 0 Å². The lowest BCUT2D eigenvalue weighted by molar-refractivity contribution is -0.190. The van der Waals surface area contributed by atoms with Crippen molar-refractivity contribution in [2.45, 2.75) is 68.4 Å². The number of benzene rings is 1. The van der Waals surface area contributed by atoms with Crippen LogP contribution in [-0.2, 0) is 22.3 Å². The Bertz CT molecular complexity index is 941. The second kappa shape index (κ2) is 7.28. The third-order valence-corrected chi connectivity index (χ3v) is 6.55. The van der Waals surface area contributed by atoms with E-state index in [-0.39, 0.29) is 13.1 Å². The van der Waals surface area contributed by atoms with Crippen LogP contribution in [0.1, 0.15) is 50.2 Å². The van der Waals surface area contributed by atoms with Gasteiger partial charge in [-0.2, -0.15) is 13.2 Å². The largest absolute Gasteiger partial charge is 0.443 e. The number of urea groups is 1. The summed E-state index contributed by atoms with van der Waals surface area (Å²) in [4.78, 5) is 37.5. The molecule has 1 aromatic carbocycles. The van der Waals surface area contributed by atoms with Crippen molar-refractivity contribution in [3.63, 3.8) is 0 Å². The summed E-state index contributed by atoms with van der Waals surface area (Å²) in [6, 6.07) is 3.92. The molecule has 1 aromatic rings. The summed E-state index contributed by atoms with van der Waals surface area (Å²) in [6.07, 6.45) is -1.95. The molecule has 4 aliphatic rings. The first-order chi connectivity index (χ1) is 14.8. The van der Waals surface area contributed by atoms with Crippen molar-refractivity contribution in [2.75, 3.05) is 6.54 Å². The normalized spacial score (nSPS) is 26.8. The predicted molar refractivity (Wildman–Crippen MR) is 106 cm³/mol. The summed E-state index contributed by atoms with van der Waals surface area (Å²) in [6.45, 7) is 1.44. The number of nitrogens with one attached hydrogen (secondary N) is 2. The highest BCUT2D eigenvalue weighted by Gasteiger charge is 2.72. The lowest BCUT2D eigenvalue weighted by Gasteiger charge is -2.73. The molecule has 0 atom stereocenters. The van der Waals surface area contributed by atoms with E-state index in [1.54, 1.807) is 0 Å². The van der Waals surface area contributed by atoms with Gasteiger partial charge in [0, 0.05) is 6.54 Å². The van der Waals surface area contributed by atoms with Crippen LogP contribution in [0, 0.1) is 0 Å². The third-order valence-electron chi connectivity index (χ3n) is 6.55. The molecule has 0 aliphatic heterocycles. The lowest BCUT2D eigenvalue weighted by atomic mass is 9.43. The Hall–Kier alpha value is -2.98. The molecule has 4 aliphatic carbocycles. The highest BCUT2D eigenvalue weighted by atomic mass is 19.4. The molecule has 0 radical (unpaired) electrons. The van der Waals surface area contributed by atoms with Crippen LogP contribution in [0.2, 0.25) is 0 Å². The number of carbonyl (C=O) groups is 3. The fraction of sp³-hybridized carbons (Fsp3) is 0.571. The molecular weight excluding hydrogens is 429 g/mol. The fourth-order valence-electron chi connectivity index (χ4n) is 4.70. The Morgan fingerprint density at radius 1 is 1.19 bits per heavy atom. The van der Waals surface area contributed by atoms with Gasteiger partial charge in [0.05, 0.1) is 23.2 Å². The minimum atomic E-state index is -4.50. The number of hydrogen-bond acceptors (Lipinski definition) is 4. The van der Waals surface area contributed by atoms with Gasteiger partial charge in [0.15, 0.2) is 0 Å². The average Bonchev–Trinajstić information content (AvgIpc) is 3.36. The Morgan fingerprint density at radius 2 is 1.84 bits per heavy atom. The Balaban J connectivity index is 1.45. The fourth-order valence-corrected chi connectivity index (χ4v) is 4.70. The molecule has 4 amide bonds. The molecular formula is C21H25F3N4O4. The number of nitrogens with zero attached hydrogens (tertiary/aromatic N) is 1. The van der Waals surface area contributed by atoms with Crippen LogP contribution >= 0.6 is 0 Å².